The van der Waals surface area contributed by atoms with E-state index in [2.05, 4.69) is 10.3 Å². The molecule has 1 saturated heterocycles. The van der Waals surface area contributed by atoms with Crippen molar-refractivity contribution >= 4 is 39.4 Å². The molecule has 1 fully saturated rings. The van der Waals surface area contributed by atoms with Gasteiger partial charge in [0.05, 0.1) is 16.3 Å². The monoisotopic (exact) mass is 416 g/mol. The molecule has 1 aromatic carbocycles. The topological polar surface area (TPSA) is 82.6 Å². The van der Waals surface area contributed by atoms with E-state index in [0.29, 0.717) is 12.8 Å². The molecule has 0 aliphatic carbocycles. The molecule has 1 N–H and O–H groups in total. The zero-order chi connectivity index (χ0) is 21.2. The summed E-state index contributed by atoms with van der Waals surface area (Å²) in [5.41, 5.74) is 0.0242. The number of hydrogen-bond acceptors (Lipinski definition) is 5. The number of nitrogens with one attached hydrogen (secondary N) is 1. The van der Waals surface area contributed by atoms with Crippen LogP contribution < -0.4 is 5.32 Å². The molecule has 3 rings (SSSR count). The first-order chi connectivity index (χ1) is 13.8. The molecular weight excluding hydrogens is 388 g/mol. The number of aromatic nitrogens is 1. The normalized spacial score (nSPS) is 16.9. The van der Waals surface area contributed by atoms with E-state index in [0.717, 1.165) is 33.0 Å². The summed E-state index contributed by atoms with van der Waals surface area (Å²) in [5.74, 6) is -0.579. The quantitative estimate of drug-likeness (QED) is 0.665. The maximum atomic E-state index is 13.0. The first-order valence-corrected chi connectivity index (χ1v) is 10.9. The van der Waals surface area contributed by atoms with Crippen molar-refractivity contribution in [2.24, 2.45) is 0 Å². The van der Waals surface area contributed by atoms with Crippen molar-refractivity contribution in [3.8, 4) is 0 Å². The van der Waals surface area contributed by atoms with Gasteiger partial charge in [0, 0.05) is 7.05 Å². The lowest BCUT2D eigenvalue weighted by Gasteiger charge is -2.27. The Bertz CT molecular complexity index is 887. The van der Waals surface area contributed by atoms with Crippen LogP contribution in [0.3, 0.4) is 0 Å². The fourth-order valence-corrected chi connectivity index (χ4v) is 4.90. The minimum absolute atomic E-state index is 0.253. The van der Waals surface area contributed by atoms with Gasteiger partial charge in [0.15, 0.2) is 0 Å². The van der Waals surface area contributed by atoms with E-state index in [1.807, 2.05) is 45.0 Å². The minimum Gasteiger partial charge on any atom is -0.335 e. The van der Waals surface area contributed by atoms with Crippen LogP contribution >= 0.6 is 11.3 Å². The Morgan fingerprint density at radius 1 is 1.24 bits per heavy atom. The standard InChI is InChI=1S/C21H28N4O3S/c1-5-11-21(12-6-2)19(27)25(20(28)23-21)13-17(26)24(4)14(3)18-22-15-9-7-8-10-16(15)29-18/h7-10,14H,5-6,11-13H2,1-4H3,(H,23,28)/t14-/m0/s1. The highest BCUT2D eigenvalue weighted by Gasteiger charge is 2.50. The summed E-state index contributed by atoms with van der Waals surface area (Å²) in [6.07, 6.45) is 2.72. The smallest absolute Gasteiger partial charge is 0.325 e. The lowest BCUT2D eigenvalue weighted by atomic mass is 9.88. The van der Waals surface area contributed by atoms with Gasteiger partial charge in [-0.3, -0.25) is 14.5 Å². The summed E-state index contributed by atoms with van der Waals surface area (Å²) < 4.78 is 1.06. The van der Waals surface area contributed by atoms with Crippen molar-refractivity contribution in [2.45, 2.75) is 58.0 Å². The van der Waals surface area contributed by atoms with Crippen molar-refractivity contribution < 1.29 is 14.4 Å². The maximum Gasteiger partial charge on any atom is 0.325 e. The molecule has 0 saturated carbocycles. The Kier molecular flexibility index (Phi) is 6.21. The van der Waals surface area contributed by atoms with Gasteiger partial charge in [0.2, 0.25) is 5.91 Å². The zero-order valence-electron chi connectivity index (χ0n) is 17.4. The van der Waals surface area contributed by atoms with E-state index in [1.165, 1.54) is 0 Å². The van der Waals surface area contributed by atoms with Gasteiger partial charge in [-0.2, -0.15) is 0 Å². The lowest BCUT2D eigenvalue weighted by Crippen LogP contribution is -2.47. The Labute approximate surface area is 175 Å². The number of carbonyl (C=O) groups excluding carboxylic acids is 3. The molecule has 8 heteroatoms. The molecule has 1 aromatic heterocycles. The Balaban J connectivity index is 1.73. The number of thiazole rings is 1. The summed E-state index contributed by atoms with van der Waals surface area (Å²) in [6.45, 7) is 5.61. The van der Waals surface area contributed by atoms with E-state index in [9.17, 15) is 14.4 Å². The third-order valence-electron chi connectivity index (χ3n) is 5.53. The van der Waals surface area contributed by atoms with Crippen LogP contribution in [0.15, 0.2) is 24.3 Å². The van der Waals surface area contributed by atoms with Crippen LogP contribution in [0.25, 0.3) is 10.2 Å². The third-order valence-corrected chi connectivity index (χ3v) is 6.74. The van der Waals surface area contributed by atoms with Gasteiger partial charge < -0.3 is 10.2 Å². The number of fused-ring (bicyclic) bond motifs is 1. The van der Waals surface area contributed by atoms with E-state index < -0.39 is 11.6 Å². The van der Waals surface area contributed by atoms with Gasteiger partial charge in [-0.05, 0) is 31.9 Å². The highest BCUT2D eigenvalue weighted by molar-refractivity contribution is 7.18. The molecule has 29 heavy (non-hydrogen) atoms. The molecule has 7 nitrogen and oxygen atoms in total. The molecule has 4 amide bonds. The number of urea groups is 1. The second-order valence-electron chi connectivity index (χ2n) is 7.60. The highest BCUT2D eigenvalue weighted by Crippen LogP contribution is 2.30. The van der Waals surface area contributed by atoms with Crippen molar-refractivity contribution in [1.29, 1.82) is 0 Å². The van der Waals surface area contributed by atoms with Gasteiger partial charge >= 0.3 is 6.03 Å². The molecule has 156 valence electrons. The molecule has 0 spiro atoms. The van der Waals surface area contributed by atoms with E-state index >= 15 is 0 Å². The van der Waals surface area contributed by atoms with E-state index in [4.69, 9.17) is 0 Å². The molecule has 0 unspecified atom stereocenters. The van der Waals surface area contributed by atoms with E-state index in [-0.39, 0.29) is 24.4 Å². The fourth-order valence-electron chi connectivity index (χ4n) is 3.83. The summed E-state index contributed by atoms with van der Waals surface area (Å²) >= 11 is 1.54. The molecule has 2 aromatic rings. The van der Waals surface area contributed by atoms with Crippen molar-refractivity contribution in [1.82, 2.24) is 20.1 Å². The second-order valence-corrected chi connectivity index (χ2v) is 8.67. The first-order valence-electron chi connectivity index (χ1n) is 10.1. The molecule has 1 aliphatic rings. The summed E-state index contributed by atoms with van der Waals surface area (Å²) in [6, 6.07) is 7.10. The maximum absolute atomic E-state index is 13.0. The number of rotatable bonds is 8. The zero-order valence-corrected chi connectivity index (χ0v) is 18.2. The average molecular weight is 417 g/mol. The number of imide groups is 1. The molecule has 1 atom stereocenters. The average Bonchev–Trinajstić information content (AvgIpc) is 3.22. The molecule has 2 heterocycles. The number of benzene rings is 1. The molecular formula is C21H28N4O3S. The molecule has 1 aliphatic heterocycles. The minimum atomic E-state index is -0.877. The van der Waals surface area contributed by atoms with Gasteiger partial charge in [-0.15, -0.1) is 11.3 Å². The fraction of sp³-hybridized carbons (Fsp3) is 0.524. The van der Waals surface area contributed by atoms with Crippen LogP contribution in [0.2, 0.25) is 0 Å². The number of para-hydroxylation sites is 1. The summed E-state index contributed by atoms with van der Waals surface area (Å²) in [5, 5.41) is 3.67. The highest BCUT2D eigenvalue weighted by atomic mass is 32.1. The van der Waals surface area contributed by atoms with Crippen LogP contribution in [0, 0.1) is 0 Å². The Hall–Kier alpha value is -2.48. The van der Waals surface area contributed by atoms with Crippen LogP contribution in [0.4, 0.5) is 4.79 Å². The predicted molar refractivity (Wildman–Crippen MR) is 114 cm³/mol. The van der Waals surface area contributed by atoms with Gasteiger partial charge in [0.1, 0.15) is 17.1 Å². The largest absolute Gasteiger partial charge is 0.335 e. The summed E-state index contributed by atoms with van der Waals surface area (Å²) in [7, 11) is 1.68. The van der Waals surface area contributed by atoms with Gasteiger partial charge in [-0.1, -0.05) is 38.8 Å². The van der Waals surface area contributed by atoms with Gasteiger partial charge in [-0.25, -0.2) is 9.78 Å². The van der Waals surface area contributed by atoms with Gasteiger partial charge in [0.25, 0.3) is 5.91 Å². The lowest BCUT2D eigenvalue weighted by molar-refractivity contribution is -0.139. The van der Waals surface area contributed by atoms with Crippen molar-refractivity contribution in [2.75, 3.05) is 13.6 Å². The Morgan fingerprint density at radius 3 is 2.52 bits per heavy atom. The number of nitrogens with zero attached hydrogens (tertiary/aromatic N) is 3. The van der Waals surface area contributed by atoms with Crippen LogP contribution in [-0.4, -0.2) is 51.8 Å². The molecule has 0 radical (unpaired) electrons. The molecule has 0 bridgehead atoms. The number of amides is 4. The SMILES string of the molecule is CCCC1(CCC)NC(=O)N(CC(=O)N(C)[C@@H](C)c2nc3ccccc3s2)C1=O. The second kappa shape index (κ2) is 8.49. The van der Waals surface area contributed by atoms with Crippen LogP contribution in [-0.2, 0) is 9.59 Å². The van der Waals surface area contributed by atoms with Crippen LogP contribution in [0.1, 0.15) is 57.5 Å². The predicted octanol–water partition coefficient (Wildman–Crippen LogP) is 3.71. The number of carbonyl (C=O) groups is 3. The summed E-state index contributed by atoms with van der Waals surface area (Å²) in [4.78, 5) is 45.6. The van der Waals surface area contributed by atoms with Crippen molar-refractivity contribution in [3.05, 3.63) is 29.3 Å². The first kappa shape index (κ1) is 21.2. The van der Waals surface area contributed by atoms with Crippen LogP contribution in [0.5, 0.6) is 0 Å². The Morgan fingerprint density at radius 2 is 1.90 bits per heavy atom. The third kappa shape index (κ3) is 3.99. The van der Waals surface area contributed by atoms with E-state index in [1.54, 1.807) is 23.3 Å². The number of hydrogen-bond donors (Lipinski definition) is 1. The van der Waals surface area contributed by atoms with Crippen molar-refractivity contribution in [3.63, 3.8) is 0 Å². The number of likely N-dealkylation sites (N-methyl/N-ethyl adjacent to an activating group) is 1.